The van der Waals surface area contributed by atoms with Crippen LogP contribution >= 0.6 is 0 Å². The molecule has 0 atom stereocenters. The molecule has 0 radical (unpaired) electrons. The fourth-order valence-corrected chi connectivity index (χ4v) is 2.59. The van der Waals surface area contributed by atoms with E-state index >= 15 is 0 Å². The summed E-state index contributed by atoms with van der Waals surface area (Å²) < 4.78 is 16.0. The first-order valence-electron chi connectivity index (χ1n) is 8.10. The lowest BCUT2D eigenvalue weighted by Crippen LogP contribution is -2.24. The zero-order chi connectivity index (χ0) is 18.4. The molecule has 0 saturated heterocycles. The lowest BCUT2D eigenvalue weighted by Gasteiger charge is -2.14. The van der Waals surface area contributed by atoms with E-state index in [9.17, 15) is 4.79 Å². The van der Waals surface area contributed by atoms with Gasteiger partial charge < -0.3 is 19.5 Å². The molecule has 5 nitrogen and oxygen atoms in total. The van der Waals surface area contributed by atoms with Gasteiger partial charge in [-0.05, 0) is 36.6 Å². The summed E-state index contributed by atoms with van der Waals surface area (Å²) in [5, 5.41) is 2.93. The van der Waals surface area contributed by atoms with Crippen LogP contribution in [0.2, 0.25) is 0 Å². The van der Waals surface area contributed by atoms with Gasteiger partial charge in [0.05, 0.1) is 27.8 Å². The van der Waals surface area contributed by atoms with Crippen molar-refractivity contribution in [1.29, 1.82) is 0 Å². The van der Waals surface area contributed by atoms with Crippen molar-refractivity contribution >= 4 is 5.91 Å². The fraction of sp³-hybridized carbons (Fsp3) is 0.350. The van der Waals surface area contributed by atoms with E-state index in [1.165, 1.54) is 11.1 Å². The number of amides is 1. The number of methoxy groups -OCH3 is 3. The number of aryl methyl sites for hydroxylation is 2. The van der Waals surface area contributed by atoms with Crippen molar-refractivity contribution in [3.63, 3.8) is 0 Å². The molecule has 0 aromatic heterocycles. The molecule has 0 heterocycles. The van der Waals surface area contributed by atoms with E-state index in [0.29, 0.717) is 30.2 Å². The Morgan fingerprint density at radius 3 is 2.12 bits per heavy atom. The van der Waals surface area contributed by atoms with Crippen molar-refractivity contribution in [1.82, 2.24) is 5.32 Å². The Morgan fingerprint density at radius 2 is 1.52 bits per heavy atom. The van der Waals surface area contributed by atoms with Crippen LogP contribution in [0.15, 0.2) is 30.3 Å². The number of carbonyl (C=O) groups excluding carboxylic acids is 1. The van der Waals surface area contributed by atoms with Gasteiger partial charge in [-0.1, -0.05) is 18.2 Å². The number of nitrogens with one attached hydrogen (secondary N) is 1. The Bertz CT molecular complexity index is 756. The van der Waals surface area contributed by atoms with Gasteiger partial charge in [0.25, 0.3) is 0 Å². The predicted octanol–water partition coefficient (Wildman–Crippen LogP) is 3.19. The molecule has 5 heteroatoms. The number of carbonyl (C=O) groups is 1. The SMILES string of the molecule is COc1cc(OC)c(OC)cc1CNC(=O)Cc1ccc(C)c(C)c1. The van der Waals surface area contributed by atoms with Crippen molar-refractivity contribution in [2.75, 3.05) is 21.3 Å². The normalized spacial score (nSPS) is 10.3. The summed E-state index contributed by atoms with van der Waals surface area (Å²) in [6, 6.07) is 9.64. The Hall–Kier alpha value is -2.69. The first-order chi connectivity index (χ1) is 12.0. The number of rotatable bonds is 7. The van der Waals surface area contributed by atoms with Crippen molar-refractivity contribution < 1.29 is 19.0 Å². The molecule has 0 aliphatic carbocycles. The highest BCUT2D eigenvalue weighted by molar-refractivity contribution is 5.78. The molecule has 2 aromatic carbocycles. The molecule has 2 rings (SSSR count). The molecule has 0 aliphatic rings. The third-order valence-electron chi connectivity index (χ3n) is 4.20. The highest BCUT2D eigenvalue weighted by Crippen LogP contribution is 2.34. The maximum atomic E-state index is 12.3. The van der Waals surface area contributed by atoms with Crippen LogP contribution in [-0.4, -0.2) is 27.2 Å². The van der Waals surface area contributed by atoms with Gasteiger partial charge in [0, 0.05) is 18.2 Å². The van der Waals surface area contributed by atoms with E-state index in [1.807, 2.05) is 31.2 Å². The van der Waals surface area contributed by atoms with Gasteiger partial charge in [0.2, 0.25) is 5.91 Å². The highest BCUT2D eigenvalue weighted by atomic mass is 16.5. The predicted molar refractivity (Wildman–Crippen MR) is 97.6 cm³/mol. The summed E-state index contributed by atoms with van der Waals surface area (Å²) in [6.07, 6.45) is 0.344. The first-order valence-corrected chi connectivity index (χ1v) is 8.10. The lowest BCUT2D eigenvalue weighted by atomic mass is 10.0. The number of hydrogen-bond donors (Lipinski definition) is 1. The van der Waals surface area contributed by atoms with Crippen LogP contribution < -0.4 is 19.5 Å². The average molecular weight is 343 g/mol. The molecular formula is C20H25NO4. The summed E-state index contributed by atoms with van der Waals surface area (Å²) in [5.41, 5.74) is 4.24. The van der Waals surface area contributed by atoms with Crippen LogP contribution in [-0.2, 0) is 17.8 Å². The minimum absolute atomic E-state index is 0.0416. The van der Waals surface area contributed by atoms with Crippen molar-refractivity contribution in [2.24, 2.45) is 0 Å². The van der Waals surface area contributed by atoms with Crippen LogP contribution in [0.4, 0.5) is 0 Å². The van der Waals surface area contributed by atoms with Gasteiger partial charge in [0.1, 0.15) is 5.75 Å². The Balaban J connectivity index is 2.06. The molecule has 0 fully saturated rings. The molecule has 0 saturated carbocycles. The zero-order valence-electron chi connectivity index (χ0n) is 15.4. The van der Waals surface area contributed by atoms with E-state index in [-0.39, 0.29) is 5.91 Å². The molecule has 0 aliphatic heterocycles. The van der Waals surface area contributed by atoms with Crippen molar-refractivity contribution in [3.8, 4) is 17.2 Å². The summed E-state index contributed by atoms with van der Waals surface area (Å²) >= 11 is 0. The summed E-state index contributed by atoms with van der Waals surface area (Å²) in [5.74, 6) is 1.79. The summed E-state index contributed by atoms with van der Waals surface area (Å²) in [7, 11) is 4.73. The van der Waals surface area contributed by atoms with Gasteiger partial charge in [-0.3, -0.25) is 4.79 Å². The Morgan fingerprint density at radius 1 is 0.880 bits per heavy atom. The standard InChI is InChI=1S/C20H25NO4/c1-13-6-7-15(8-14(13)2)9-20(22)21-12-16-10-18(24-4)19(25-5)11-17(16)23-3/h6-8,10-11H,9,12H2,1-5H3,(H,21,22). The van der Waals surface area contributed by atoms with Crippen molar-refractivity contribution in [2.45, 2.75) is 26.8 Å². The largest absolute Gasteiger partial charge is 0.496 e. The summed E-state index contributed by atoms with van der Waals surface area (Å²) in [4.78, 5) is 12.3. The average Bonchev–Trinajstić information content (AvgIpc) is 2.62. The molecule has 134 valence electrons. The highest BCUT2D eigenvalue weighted by Gasteiger charge is 2.13. The third-order valence-corrected chi connectivity index (χ3v) is 4.20. The Kier molecular flexibility index (Phi) is 6.28. The van der Waals surface area contributed by atoms with E-state index in [0.717, 1.165) is 11.1 Å². The first kappa shape index (κ1) is 18.6. The topological polar surface area (TPSA) is 56.8 Å². The smallest absolute Gasteiger partial charge is 0.224 e. The van der Waals surface area contributed by atoms with Crippen molar-refractivity contribution in [3.05, 3.63) is 52.6 Å². The van der Waals surface area contributed by atoms with Gasteiger partial charge in [-0.25, -0.2) is 0 Å². The maximum Gasteiger partial charge on any atom is 0.224 e. The van der Waals surface area contributed by atoms with Crippen LogP contribution in [0.25, 0.3) is 0 Å². The second-order valence-corrected chi connectivity index (χ2v) is 5.89. The second kappa shape index (κ2) is 8.42. The number of hydrogen-bond acceptors (Lipinski definition) is 4. The van der Waals surface area contributed by atoms with E-state index in [2.05, 4.69) is 12.2 Å². The van der Waals surface area contributed by atoms with Crippen LogP contribution in [0.1, 0.15) is 22.3 Å². The van der Waals surface area contributed by atoms with Crippen LogP contribution in [0, 0.1) is 13.8 Å². The van der Waals surface area contributed by atoms with Gasteiger partial charge in [0.15, 0.2) is 11.5 Å². The summed E-state index contributed by atoms with van der Waals surface area (Å²) in [6.45, 7) is 4.46. The molecule has 25 heavy (non-hydrogen) atoms. The maximum absolute atomic E-state index is 12.3. The number of ether oxygens (including phenoxy) is 3. The molecule has 0 spiro atoms. The van der Waals surface area contributed by atoms with E-state index in [1.54, 1.807) is 27.4 Å². The van der Waals surface area contributed by atoms with Crippen LogP contribution in [0.3, 0.4) is 0 Å². The Labute approximate surface area is 148 Å². The minimum atomic E-state index is -0.0416. The lowest BCUT2D eigenvalue weighted by molar-refractivity contribution is -0.120. The van der Waals surface area contributed by atoms with Crippen LogP contribution in [0.5, 0.6) is 17.2 Å². The van der Waals surface area contributed by atoms with Gasteiger partial charge >= 0.3 is 0 Å². The van der Waals surface area contributed by atoms with E-state index < -0.39 is 0 Å². The number of benzene rings is 2. The molecule has 2 aromatic rings. The molecule has 1 N–H and O–H groups in total. The molecule has 1 amide bonds. The monoisotopic (exact) mass is 343 g/mol. The van der Waals surface area contributed by atoms with Gasteiger partial charge in [-0.15, -0.1) is 0 Å². The zero-order valence-corrected chi connectivity index (χ0v) is 15.4. The van der Waals surface area contributed by atoms with Gasteiger partial charge in [-0.2, -0.15) is 0 Å². The quantitative estimate of drug-likeness (QED) is 0.839. The second-order valence-electron chi connectivity index (χ2n) is 5.89. The van der Waals surface area contributed by atoms with E-state index in [4.69, 9.17) is 14.2 Å². The molecule has 0 bridgehead atoms. The minimum Gasteiger partial charge on any atom is -0.496 e. The third kappa shape index (κ3) is 4.66. The molecule has 0 unspecified atom stereocenters. The molecular weight excluding hydrogens is 318 g/mol. The fourth-order valence-electron chi connectivity index (χ4n) is 2.59.